The highest BCUT2D eigenvalue weighted by Gasteiger charge is 2.26. The number of piperidine rings is 1. The lowest BCUT2D eigenvalue weighted by Crippen LogP contribution is -2.52. The first-order chi connectivity index (χ1) is 15.0. The Hall–Kier alpha value is -1.32. The third-order valence-electron chi connectivity index (χ3n) is 5.99. The van der Waals surface area contributed by atoms with Crippen LogP contribution in [0.15, 0.2) is 28.9 Å². The first-order valence-electron chi connectivity index (χ1n) is 10.6. The lowest BCUT2D eigenvalue weighted by Gasteiger charge is -2.39. The Morgan fingerprint density at radius 2 is 1.97 bits per heavy atom. The van der Waals surface area contributed by atoms with Crippen molar-refractivity contribution in [1.29, 1.82) is 0 Å². The first-order valence-corrected chi connectivity index (χ1v) is 12.2. The molecule has 0 spiro atoms. The molecule has 0 saturated carbocycles. The number of nitrogens with zero attached hydrogens (tertiary/aromatic N) is 4. The van der Waals surface area contributed by atoms with Crippen molar-refractivity contribution in [2.45, 2.75) is 19.4 Å². The van der Waals surface area contributed by atoms with Crippen molar-refractivity contribution < 1.29 is 4.79 Å². The minimum Gasteiger partial charge on any atom is -0.322 e. The number of urea groups is 1. The van der Waals surface area contributed by atoms with Crippen molar-refractivity contribution in [3.63, 3.8) is 0 Å². The second-order valence-corrected chi connectivity index (χ2v) is 9.94. The molecule has 2 fully saturated rings. The van der Waals surface area contributed by atoms with E-state index in [9.17, 15) is 4.79 Å². The molecule has 2 aromatic rings. The number of rotatable bonds is 5. The number of carbonyl (C=O) groups is 1. The van der Waals surface area contributed by atoms with Gasteiger partial charge in [0.1, 0.15) is 0 Å². The second-order valence-electron chi connectivity index (χ2n) is 8.27. The standard InChI is InChI=1S/C21H27BrCl2N6O/c22-17-11-25-27-20(17)14-29-5-1-2-15(13-29)12-28-6-8-30(9-7-28)21(31)26-16-3-4-18(23)19(24)10-16/h3-4,10-11,15H,1-2,5-9,12-14H2,(H,25,27)(H,26,31)/t15-/m0/s1. The molecule has 31 heavy (non-hydrogen) atoms. The zero-order valence-corrected chi connectivity index (χ0v) is 20.4. The number of hydrogen-bond acceptors (Lipinski definition) is 4. The van der Waals surface area contributed by atoms with Gasteiger partial charge in [0.25, 0.3) is 0 Å². The molecule has 0 radical (unpaired) electrons. The van der Waals surface area contributed by atoms with Gasteiger partial charge in [-0.2, -0.15) is 5.10 Å². The zero-order chi connectivity index (χ0) is 21.8. The highest BCUT2D eigenvalue weighted by Crippen LogP contribution is 2.25. The highest BCUT2D eigenvalue weighted by atomic mass is 79.9. The van der Waals surface area contributed by atoms with Gasteiger partial charge in [0, 0.05) is 57.7 Å². The molecule has 2 N–H and O–H groups in total. The van der Waals surface area contributed by atoms with E-state index in [1.165, 1.54) is 12.8 Å². The summed E-state index contributed by atoms with van der Waals surface area (Å²) in [5, 5.41) is 11.1. The predicted molar refractivity (Wildman–Crippen MR) is 128 cm³/mol. The number of piperazine rings is 1. The number of aromatic nitrogens is 2. The quantitative estimate of drug-likeness (QED) is 0.596. The molecule has 2 aliphatic heterocycles. The third-order valence-corrected chi connectivity index (χ3v) is 7.42. The van der Waals surface area contributed by atoms with Crippen molar-refractivity contribution in [2.75, 3.05) is 51.1 Å². The Kier molecular flexibility index (Phi) is 7.77. The summed E-state index contributed by atoms with van der Waals surface area (Å²) in [6.45, 7) is 7.43. The average Bonchev–Trinajstić information content (AvgIpc) is 3.16. The van der Waals surface area contributed by atoms with Crippen LogP contribution in [0.25, 0.3) is 0 Å². The fraction of sp³-hybridized carbons (Fsp3) is 0.524. The van der Waals surface area contributed by atoms with Gasteiger partial charge >= 0.3 is 6.03 Å². The minimum absolute atomic E-state index is 0.0912. The Balaban J connectivity index is 1.22. The van der Waals surface area contributed by atoms with Gasteiger partial charge < -0.3 is 10.2 Å². The predicted octanol–water partition coefficient (Wildman–Crippen LogP) is 4.54. The van der Waals surface area contributed by atoms with Gasteiger partial charge in [-0.15, -0.1) is 0 Å². The van der Waals surface area contributed by atoms with E-state index in [1.54, 1.807) is 18.2 Å². The molecule has 2 amide bonds. The van der Waals surface area contributed by atoms with E-state index < -0.39 is 0 Å². The van der Waals surface area contributed by atoms with Crippen LogP contribution in [0.5, 0.6) is 0 Å². The van der Waals surface area contributed by atoms with E-state index in [0.29, 0.717) is 21.7 Å². The summed E-state index contributed by atoms with van der Waals surface area (Å²) >= 11 is 15.5. The van der Waals surface area contributed by atoms with Crippen LogP contribution in [0.1, 0.15) is 18.5 Å². The molecule has 2 aliphatic rings. The van der Waals surface area contributed by atoms with Crippen LogP contribution >= 0.6 is 39.1 Å². The van der Waals surface area contributed by atoms with E-state index in [4.69, 9.17) is 23.2 Å². The molecule has 0 unspecified atom stereocenters. The van der Waals surface area contributed by atoms with Crippen LogP contribution in [-0.4, -0.2) is 76.7 Å². The molecule has 4 rings (SSSR count). The summed E-state index contributed by atoms with van der Waals surface area (Å²) in [6, 6.07) is 5.04. The third kappa shape index (κ3) is 6.14. The number of amides is 2. The van der Waals surface area contributed by atoms with Crippen LogP contribution in [0.3, 0.4) is 0 Å². The van der Waals surface area contributed by atoms with E-state index in [0.717, 1.165) is 62.5 Å². The van der Waals surface area contributed by atoms with E-state index >= 15 is 0 Å². The SMILES string of the molecule is O=C(Nc1ccc(Cl)c(Cl)c1)N1CCN(C[C@@H]2CCCN(Cc3n[nH]cc3Br)C2)CC1. The van der Waals surface area contributed by atoms with Gasteiger partial charge in [0.2, 0.25) is 0 Å². The minimum atomic E-state index is -0.0912. The Morgan fingerprint density at radius 1 is 1.16 bits per heavy atom. The van der Waals surface area contributed by atoms with Crippen LogP contribution < -0.4 is 5.32 Å². The number of anilines is 1. The second kappa shape index (κ2) is 10.5. The molecular formula is C21H27BrCl2N6O. The number of halogens is 3. The fourth-order valence-corrected chi connectivity index (χ4v) is 4.96. The van der Waals surface area contributed by atoms with Crippen LogP contribution in [0.4, 0.5) is 10.5 Å². The number of nitrogens with one attached hydrogen (secondary N) is 2. The number of carbonyl (C=O) groups excluding carboxylic acids is 1. The van der Waals surface area contributed by atoms with Crippen LogP contribution in [-0.2, 0) is 6.54 Å². The van der Waals surface area contributed by atoms with Gasteiger partial charge in [-0.1, -0.05) is 23.2 Å². The number of benzene rings is 1. The molecule has 168 valence electrons. The van der Waals surface area contributed by atoms with Crippen LogP contribution in [0, 0.1) is 5.92 Å². The van der Waals surface area contributed by atoms with Gasteiger partial charge in [-0.3, -0.25) is 14.9 Å². The maximum absolute atomic E-state index is 12.6. The summed E-state index contributed by atoms with van der Waals surface area (Å²) < 4.78 is 1.05. The zero-order valence-electron chi connectivity index (χ0n) is 17.3. The molecule has 1 atom stereocenters. The monoisotopic (exact) mass is 528 g/mol. The van der Waals surface area contributed by atoms with E-state index in [2.05, 4.69) is 41.2 Å². The molecule has 3 heterocycles. The average molecular weight is 530 g/mol. The van der Waals surface area contributed by atoms with E-state index in [-0.39, 0.29) is 6.03 Å². The van der Waals surface area contributed by atoms with Gasteiger partial charge in [0.05, 0.1) is 20.2 Å². The maximum Gasteiger partial charge on any atom is 0.321 e. The molecule has 0 bridgehead atoms. The number of hydrogen-bond donors (Lipinski definition) is 2. The maximum atomic E-state index is 12.6. The van der Waals surface area contributed by atoms with Gasteiger partial charge in [-0.05, 0) is 59.4 Å². The topological polar surface area (TPSA) is 67.5 Å². The Labute approximate surface area is 201 Å². The fourth-order valence-electron chi connectivity index (χ4n) is 4.35. The van der Waals surface area contributed by atoms with Crippen molar-refractivity contribution >= 4 is 50.9 Å². The lowest BCUT2D eigenvalue weighted by molar-refractivity contribution is 0.0979. The summed E-state index contributed by atoms with van der Waals surface area (Å²) in [5.74, 6) is 0.656. The Bertz CT molecular complexity index is 902. The summed E-state index contributed by atoms with van der Waals surface area (Å²) in [5.41, 5.74) is 1.73. The van der Waals surface area contributed by atoms with Crippen molar-refractivity contribution in [1.82, 2.24) is 24.9 Å². The Morgan fingerprint density at radius 3 is 2.68 bits per heavy atom. The van der Waals surface area contributed by atoms with Crippen LogP contribution in [0.2, 0.25) is 10.0 Å². The van der Waals surface area contributed by atoms with Crippen molar-refractivity contribution in [3.05, 3.63) is 44.6 Å². The largest absolute Gasteiger partial charge is 0.322 e. The molecule has 1 aromatic carbocycles. The molecule has 1 aromatic heterocycles. The van der Waals surface area contributed by atoms with Crippen molar-refractivity contribution in [2.24, 2.45) is 5.92 Å². The summed E-state index contributed by atoms with van der Waals surface area (Å²) in [4.78, 5) is 19.4. The molecule has 2 saturated heterocycles. The lowest BCUT2D eigenvalue weighted by atomic mass is 9.97. The molecule has 10 heteroatoms. The first kappa shape index (κ1) is 22.9. The van der Waals surface area contributed by atoms with Gasteiger partial charge in [0.15, 0.2) is 0 Å². The smallest absolute Gasteiger partial charge is 0.321 e. The summed E-state index contributed by atoms with van der Waals surface area (Å²) in [7, 11) is 0. The van der Waals surface area contributed by atoms with E-state index in [1.807, 2.05) is 11.1 Å². The van der Waals surface area contributed by atoms with Gasteiger partial charge in [-0.25, -0.2) is 4.79 Å². The van der Waals surface area contributed by atoms with Crippen molar-refractivity contribution in [3.8, 4) is 0 Å². The summed E-state index contributed by atoms with van der Waals surface area (Å²) in [6.07, 6.45) is 4.36. The molecule has 7 nitrogen and oxygen atoms in total. The highest BCUT2D eigenvalue weighted by molar-refractivity contribution is 9.10. The molecular weight excluding hydrogens is 503 g/mol. The number of H-pyrrole nitrogens is 1. The normalized spacial score (nSPS) is 20.7. The number of likely N-dealkylation sites (tertiary alicyclic amines) is 1. The number of aromatic amines is 1. The molecule has 0 aliphatic carbocycles.